The van der Waals surface area contributed by atoms with E-state index in [1.165, 1.54) is 22.3 Å². The van der Waals surface area contributed by atoms with Gasteiger partial charge in [-0.3, -0.25) is 4.79 Å². The molecule has 0 aliphatic heterocycles. The van der Waals surface area contributed by atoms with Crippen LogP contribution in [0.15, 0.2) is 53.1 Å². The molecular formula is C22H24N2O2. The van der Waals surface area contributed by atoms with Crippen molar-refractivity contribution >= 4 is 5.91 Å². The van der Waals surface area contributed by atoms with Crippen LogP contribution in [0, 0.1) is 20.8 Å². The number of benzene rings is 2. The molecule has 26 heavy (non-hydrogen) atoms. The second kappa shape index (κ2) is 8.00. The average Bonchev–Trinajstić information content (AvgIpc) is 3.09. The number of nitrogens with one attached hydrogen (secondary N) is 1. The summed E-state index contributed by atoms with van der Waals surface area (Å²) in [6.45, 7) is 6.80. The van der Waals surface area contributed by atoms with Gasteiger partial charge < -0.3 is 9.73 Å². The van der Waals surface area contributed by atoms with Gasteiger partial charge in [0.15, 0.2) is 11.7 Å². The highest BCUT2D eigenvalue weighted by atomic mass is 16.4. The molecule has 2 aromatic carbocycles. The summed E-state index contributed by atoms with van der Waals surface area (Å²) < 4.78 is 5.74. The summed E-state index contributed by atoms with van der Waals surface area (Å²) in [6, 6.07) is 14.1. The fourth-order valence-corrected chi connectivity index (χ4v) is 3.15. The molecule has 1 N–H and O–H groups in total. The third-order valence-corrected chi connectivity index (χ3v) is 4.48. The van der Waals surface area contributed by atoms with Crippen LogP contribution in [-0.2, 0) is 17.8 Å². The minimum absolute atomic E-state index is 0.00355. The first kappa shape index (κ1) is 17.9. The van der Waals surface area contributed by atoms with Gasteiger partial charge in [0.1, 0.15) is 0 Å². The van der Waals surface area contributed by atoms with E-state index in [-0.39, 0.29) is 5.91 Å². The van der Waals surface area contributed by atoms with Crippen LogP contribution in [0.5, 0.6) is 0 Å². The van der Waals surface area contributed by atoms with Gasteiger partial charge in [-0.05, 0) is 37.5 Å². The number of nitrogens with zero attached hydrogens (tertiary/aromatic N) is 1. The van der Waals surface area contributed by atoms with Gasteiger partial charge in [0, 0.05) is 24.9 Å². The maximum atomic E-state index is 12.2. The highest BCUT2D eigenvalue weighted by Gasteiger charge is 2.10. The number of carbonyl (C=O) groups excluding carboxylic acids is 1. The van der Waals surface area contributed by atoms with Crippen molar-refractivity contribution in [2.24, 2.45) is 0 Å². The molecule has 1 aromatic heterocycles. The SMILES string of the molecule is Cc1cc(C)c(CNC(=O)CCc2ncc(-c3ccccc3)o2)c(C)c1. The van der Waals surface area contributed by atoms with Crippen LogP contribution >= 0.6 is 0 Å². The predicted octanol–water partition coefficient (Wildman–Crippen LogP) is 4.52. The minimum Gasteiger partial charge on any atom is -0.441 e. The number of amides is 1. The van der Waals surface area contributed by atoms with E-state index in [1.54, 1.807) is 6.20 Å². The van der Waals surface area contributed by atoms with Crippen molar-refractivity contribution in [3.05, 3.63) is 76.8 Å². The zero-order valence-corrected chi connectivity index (χ0v) is 15.5. The lowest BCUT2D eigenvalue weighted by molar-refractivity contribution is -0.121. The molecule has 0 aliphatic carbocycles. The van der Waals surface area contributed by atoms with Gasteiger partial charge in [0.2, 0.25) is 5.91 Å². The standard InChI is InChI=1S/C22H24N2O2/c1-15-11-16(2)19(17(3)12-15)13-23-21(25)9-10-22-24-14-20(26-22)18-7-5-4-6-8-18/h4-8,11-12,14H,9-10,13H2,1-3H3,(H,23,25). The number of carbonyl (C=O) groups is 1. The maximum absolute atomic E-state index is 12.2. The Morgan fingerprint density at radius 2 is 1.77 bits per heavy atom. The summed E-state index contributed by atoms with van der Waals surface area (Å²) in [5.41, 5.74) is 5.84. The van der Waals surface area contributed by atoms with Crippen LogP contribution in [-0.4, -0.2) is 10.9 Å². The zero-order chi connectivity index (χ0) is 18.5. The Bertz CT molecular complexity index is 875. The zero-order valence-electron chi connectivity index (χ0n) is 15.5. The van der Waals surface area contributed by atoms with E-state index in [0.29, 0.717) is 25.3 Å². The van der Waals surface area contributed by atoms with Gasteiger partial charge in [-0.1, -0.05) is 48.0 Å². The molecule has 0 aliphatic rings. The van der Waals surface area contributed by atoms with Crippen LogP contribution in [0.1, 0.15) is 34.6 Å². The number of hydrogen-bond donors (Lipinski definition) is 1. The summed E-state index contributed by atoms with van der Waals surface area (Å²) in [6.07, 6.45) is 2.56. The summed E-state index contributed by atoms with van der Waals surface area (Å²) in [5.74, 6) is 1.32. The van der Waals surface area contributed by atoms with E-state index in [4.69, 9.17) is 4.42 Å². The predicted molar refractivity (Wildman–Crippen MR) is 103 cm³/mol. The highest BCUT2D eigenvalue weighted by Crippen LogP contribution is 2.20. The normalized spacial score (nSPS) is 10.7. The molecule has 4 nitrogen and oxygen atoms in total. The number of rotatable bonds is 6. The Morgan fingerprint density at radius 3 is 2.46 bits per heavy atom. The van der Waals surface area contributed by atoms with Crippen molar-refractivity contribution in [1.29, 1.82) is 0 Å². The van der Waals surface area contributed by atoms with Gasteiger partial charge in [0.25, 0.3) is 0 Å². The van der Waals surface area contributed by atoms with Gasteiger partial charge in [0.05, 0.1) is 6.20 Å². The van der Waals surface area contributed by atoms with E-state index >= 15 is 0 Å². The topological polar surface area (TPSA) is 55.1 Å². The third kappa shape index (κ3) is 4.39. The van der Waals surface area contributed by atoms with Crippen molar-refractivity contribution in [2.75, 3.05) is 0 Å². The van der Waals surface area contributed by atoms with Gasteiger partial charge >= 0.3 is 0 Å². The number of hydrogen-bond acceptors (Lipinski definition) is 3. The Morgan fingerprint density at radius 1 is 1.08 bits per heavy atom. The molecule has 0 saturated heterocycles. The van der Waals surface area contributed by atoms with Crippen LogP contribution in [0.3, 0.4) is 0 Å². The summed E-state index contributed by atoms with van der Waals surface area (Å²) >= 11 is 0. The van der Waals surface area contributed by atoms with E-state index in [0.717, 1.165) is 11.3 Å². The van der Waals surface area contributed by atoms with Crippen molar-refractivity contribution in [2.45, 2.75) is 40.2 Å². The monoisotopic (exact) mass is 348 g/mol. The molecular weight excluding hydrogens is 324 g/mol. The van der Waals surface area contributed by atoms with E-state index < -0.39 is 0 Å². The molecule has 3 rings (SSSR count). The van der Waals surface area contributed by atoms with E-state index in [2.05, 4.69) is 43.2 Å². The lowest BCUT2D eigenvalue weighted by atomic mass is 10.00. The summed E-state index contributed by atoms with van der Waals surface area (Å²) in [7, 11) is 0. The fourth-order valence-electron chi connectivity index (χ4n) is 3.15. The Labute approximate surface area is 154 Å². The van der Waals surface area contributed by atoms with E-state index in [1.807, 2.05) is 30.3 Å². The Kier molecular flexibility index (Phi) is 5.52. The Hall–Kier alpha value is -2.88. The first-order valence-electron chi connectivity index (χ1n) is 8.86. The second-order valence-corrected chi connectivity index (χ2v) is 6.64. The molecule has 1 heterocycles. The molecule has 0 spiro atoms. The van der Waals surface area contributed by atoms with Gasteiger partial charge in [-0.25, -0.2) is 4.98 Å². The van der Waals surface area contributed by atoms with Crippen LogP contribution in [0.25, 0.3) is 11.3 Å². The molecule has 3 aromatic rings. The van der Waals surface area contributed by atoms with Crippen molar-refractivity contribution in [3.8, 4) is 11.3 Å². The van der Waals surface area contributed by atoms with E-state index in [9.17, 15) is 4.79 Å². The number of oxazole rings is 1. The molecule has 0 radical (unpaired) electrons. The molecule has 0 unspecified atom stereocenters. The first-order chi connectivity index (χ1) is 12.5. The fraction of sp³-hybridized carbons (Fsp3) is 0.273. The molecule has 134 valence electrons. The molecule has 4 heteroatoms. The second-order valence-electron chi connectivity index (χ2n) is 6.64. The molecule has 0 saturated carbocycles. The van der Waals surface area contributed by atoms with Gasteiger partial charge in [-0.2, -0.15) is 0 Å². The minimum atomic E-state index is 0.00355. The Balaban J connectivity index is 1.53. The largest absolute Gasteiger partial charge is 0.441 e. The highest BCUT2D eigenvalue weighted by molar-refractivity contribution is 5.76. The molecule has 0 atom stereocenters. The molecule has 1 amide bonds. The van der Waals surface area contributed by atoms with Crippen LogP contribution < -0.4 is 5.32 Å². The van der Waals surface area contributed by atoms with Gasteiger partial charge in [-0.15, -0.1) is 0 Å². The molecule has 0 bridgehead atoms. The van der Waals surface area contributed by atoms with Crippen molar-refractivity contribution in [3.63, 3.8) is 0 Å². The summed E-state index contributed by atoms with van der Waals surface area (Å²) in [5, 5.41) is 3.00. The number of aromatic nitrogens is 1. The van der Waals surface area contributed by atoms with Crippen LogP contribution in [0.4, 0.5) is 0 Å². The quantitative estimate of drug-likeness (QED) is 0.713. The lowest BCUT2D eigenvalue weighted by Gasteiger charge is -2.12. The smallest absolute Gasteiger partial charge is 0.220 e. The molecule has 0 fully saturated rings. The third-order valence-electron chi connectivity index (χ3n) is 4.48. The van der Waals surface area contributed by atoms with Crippen LogP contribution in [0.2, 0.25) is 0 Å². The maximum Gasteiger partial charge on any atom is 0.220 e. The van der Waals surface area contributed by atoms with Crippen molar-refractivity contribution < 1.29 is 9.21 Å². The first-order valence-corrected chi connectivity index (χ1v) is 8.86. The van der Waals surface area contributed by atoms with Crippen molar-refractivity contribution in [1.82, 2.24) is 10.3 Å². The average molecular weight is 348 g/mol. The lowest BCUT2D eigenvalue weighted by Crippen LogP contribution is -2.24. The number of aryl methyl sites for hydroxylation is 4. The summed E-state index contributed by atoms with van der Waals surface area (Å²) in [4.78, 5) is 16.4.